The number of aryl methyl sites for hydroxylation is 1. The molecule has 0 N–H and O–H groups in total. The molecule has 1 aromatic carbocycles. The molecule has 1 rings (SSSR count). The molecule has 6 heteroatoms. The van der Waals surface area contributed by atoms with Crippen LogP contribution in [-0.4, -0.2) is 28.9 Å². The highest BCUT2D eigenvalue weighted by Crippen LogP contribution is 2.41. The molecule has 0 radical (unpaired) electrons. The molecule has 30 heavy (non-hydrogen) atoms. The number of hydrogen-bond donors (Lipinski definition) is 0. The quantitative estimate of drug-likeness (QED) is 0.251. The van der Waals surface area contributed by atoms with Gasteiger partial charge in [0.05, 0.1) is 5.71 Å². The summed E-state index contributed by atoms with van der Waals surface area (Å²) in [7, 11) is -1.98. The molecule has 0 saturated heterocycles. The van der Waals surface area contributed by atoms with Crippen molar-refractivity contribution in [2.75, 3.05) is 0 Å². The molecule has 0 saturated carbocycles. The molecule has 1 aromatic rings. The summed E-state index contributed by atoms with van der Waals surface area (Å²) in [4.78, 5) is 0. The number of rotatable bonds is 7. The molecule has 1 atom stereocenters. The minimum Gasteiger partial charge on any atom is -0.591 e. The molecule has 172 valence electrons. The van der Waals surface area contributed by atoms with E-state index >= 15 is 0 Å². The average Bonchev–Trinajstić information content (AvgIpc) is 2.51. The molecule has 0 aliphatic rings. The van der Waals surface area contributed by atoms with E-state index in [0.717, 1.165) is 35.6 Å². The van der Waals surface area contributed by atoms with Crippen molar-refractivity contribution in [3.8, 4) is 11.5 Å². The summed E-state index contributed by atoms with van der Waals surface area (Å²) in [5.41, 5.74) is 1.75. The minimum absolute atomic E-state index is 0.112. The zero-order chi connectivity index (χ0) is 23.5. The summed E-state index contributed by atoms with van der Waals surface area (Å²) < 4.78 is 29.1. The summed E-state index contributed by atoms with van der Waals surface area (Å²) in [5, 5.41) is 0.112. The molecule has 0 unspecified atom stereocenters. The van der Waals surface area contributed by atoms with Crippen LogP contribution in [0.1, 0.15) is 81.2 Å². The van der Waals surface area contributed by atoms with Gasteiger partial charge in [-0.05, 0) is 97.1 Å². The fraction of sp³-hybridized carbons (Fsp3) is 0.708. The van der Waals surface area contributed by atoms with E-state index in [4.69, 9.17) is 9.16 Å². The van der Waals surface area contributed by atoms with Crippen molar-refractivity contribution in [1.82, 2.24) is 0 Å². The van der Waals surface area contributed by atoms with Crippen LogP contribution in [-0.2, 0) is 17.8 Å². The normalized spacial score (nSPS) is 15.2. The van der Waals surface area contributed by atoms with Gasteiger partial charge in [0.15, 0.2) is 5.75 Å². The van der Waals surface area contributed by atoms with Crippen molar-refractivity contribution in [3.63, 3.8) is 0 Å². The van der Waals surface area contributed by atoms with Crippen molar-refractivity contribution < 1.29 is 13.7 Å². The Kier molecular flexibility index (Phi) is 8.71. The zero-order valence-corrected chi connectivity index (χ0v) is 23.0. The Morgan fingerprint density at radius 1 is 1.00 bits per heavy atom. The van der Waals surface area contributed by atoms with Gasteiger partial charge in [-0.25, -0.2) is 0 Å². The lowest BCUT2D eigenvalue weighted by molar-refractivity contribution is 0.127. The molecule has 4 nitrogen and oxygen atoms in total. The van der Waals surface area contributed by atoms with Gasteiger partial charge in [-0.15, -0.1) is 0 Å². The maximum absolute atomic E-state index is 12.2. The summed E-state index contributed by atoms with van der Waals surface area (Å²) in [6.07, 6.45) is 1.58. The van der Waals surface area contributed by atoms with Crippen molar-refractivity contribution in [3.05, 3.63) is 23.8 Å². The Hall–Kier alpha value is -0.983. The van der Waals surface area contributed by atoms with Gasteiger partial charge in [-0.1, -0.05) is 31.2 Å². The SMILES string of the molecule is C/C(CCc1ccc(O[Si](C)(C)C(C)(C)C)c(OC(C)(C)C)c1)=N\[S@+]([O-])C(C)(C)C. The summed E-state index contributed by atoms with van der Waals surface area (Å²) in [6.45, 7) is 25.1. The van der Waals surface area contributed by atoms with Crippen molar-refractivity contribution in [2.24, 2.45) is 4.40 Å². The van der Waals surface area contributed by atoms with E-state index in [2.05, 4.69) is 71.2 Å². The maximum atomic E-state index is 12.2. The largest absolute Gasteiger partial charge is 0.591 e. The van der Waals surface area contributed by atoms with E-state index < -0.39 is 19.7 Å². The zero-order valence-electron chi connectivity index (χ0n) is 21.2. The van der Waals surface area contributed by atoms with Crippen LogP contribution < -0.4 is 9.16 Å². The predicted octanol–water partition coefficient (Wildman–Crippen LogP) is 7.10. The number of benzene rings is 1. The van der Waals surface area contributed by atoms with Crippen LogP contribution in [0, 0.1) is 0 Å². The molecular formula is C24H43NO3SSi. The second-order valence-corrected chi connectivity index (χ2v) is 18.2. The minimum atomic E-state index is -1.98. The number of nitrogens with zero attached hydrogens (tertiary/aromatic N) is 1. The first-order valence-electron chi connectivity index (χ1n) is 10.8. The third-order valence-corrected chi connectivity index (χ3v) is 11.0. The maximum Gasteiger partial charge on any atom is 0.250 e. The average molecular weight is 454 g/mol. The number of ether oxygens (including phenoxy) is 1. The lowest BCUT2D eigenvalue weighted by atomic mass is 10.1. The van der Waals surface area contributed by atoms with Crippen LogP contribution in [0.5, 0.6) is 11.5 Å². The van der Waals surface area contributed by atoms with E-state index in [0.29, 0.717) is 0 Å². The van der Waals surface area contributed by atoms with Crippen molar-refractivity contribution in [2.45, 2.75) is 111 Å². The third-order valence-electron chi connectivity index (χ3n) is 5.13. The lowest BCUT2D eigenvalue weighted by Gasteiger charge is -2.37. The highest BCUT2D eigenvalue weighted by Gasteiger charge is 2.39. The Morgan fingerprint density at radius 2 is 1.57 bits per heavy atom. The molecule has 0 heterocycles. The van der Waals surface area contributed by atoms with Gasteiger partial charge in [-0.2, -0.15) is 0 Å². The van der Waals surface area contributed by atoms with Crippen molar-refractivity contribution in [1.29, 1.82) is 0 Å². The molecule has 0 amide bonds. The van der Waals surface area contributed by atoms with Gasteiger partial charge >= 0.3 is 0 Å². The third kappa shape index (κ3) is 8.64. The van der Waals surface area contributed by atoms with Gasteiger partial charge in [0.25, 0.3) is 8.32 Å². The Morgan fingerprint density at radius 3 is 2.03 bits per heavy atom. The highest BCUT2D eigenvalue weighted by molar-refractivity contribution is 7.91. The monoisotopic (exact) mass is 453 g/mol. The van der Waals surface area contributed by atoms with E-state index in [1.165, 1.54) is 0 Å². The van der Waals surface area contributed by atoms with Gasteiger partial charge in [0.2, 0.25) is 0 Å². The number of hydrogen-bond acceptors (Lipinski definition) is 4. The first kappa shape index (κ1) is 27.1. The molecule has 0 aromatic heterocycles. The predicted molar refractivity (Wildman–Crippen MR) is 134 cm³/mol. The van der Waals surface area contributed by atoms with Gasteiger partial charge < -0.3 is 13.7 Å². The molecule has 0 spiro atoms. The lowest BCUT2D eigenvalue weighted by Crippen LogP contribution is -2.44. The molecular weight excluding hydrogens is 410 g/mol. The van der Waals surface area contributed by atoms with Crippen LogP contribution >= 0.6 is 0 Å². The van der Waals surface area contributed by atoms with Crippen LogP contribution in [0.25, 0.3) is 0 Å². The standard InChI is InChI=1S/C24H43NO3SSi/c1-18(25-29(26)23(5,6)7)13-14-19-15-16-20(21(17-19)27-22(2,3)4)28-30(11,12)24(8,9)10/h15-17H,13-14H2,1-12H3/b25-18+/t29-/m1/s1. The Labute approximate surface area is 189 Å². The first-order chi connectivity index (χ1) is 13.3. The van der Waals surface area contributed by atoms with Gasteiger partial charge in [0.1, 0.15) is 27.5 Å². The topological polar surface area (TPSA) is 53.9 Å². The molecule has 0 bridgehead atoms. The second-order valence-electron chi connectivity index (χ2n) is 11.5. The summed E-state index contributed by atoms with van der Waals surface area (Å²) in [6, 6.07) is 6.23. The Bertz CT molecular complexity index is 740. The van der Waals surface area contributed by atoms with E-state index in [1.54, 1.807) is 0 Å². The van der Waals surface area contributed by atoms with E-state index in [-0.39, 0.29) is 15.4 Å². The summed E-state index contributed by atoms with van der Waals surface area (Å²) >= 11 is -1.22. The van der Waals surface area contributed by atoms with E-state index in [1.807, 2.05) is 33.8 Å². The fourth-order valence-electron chi connectivity index (χ4n) is 2.28. The fourth-order valence-corrected chi connectivity index (χ4v) is 3.95. The van der Waals surface area contributed by atoms with E-state index in [9.17, 15) is 4.55 Å². The first-order valence-corrected chi connectivity index (χ1v) is 14.8. The van der Waals surface area contributed by atoms with Crippen LogP contribution in [0.4, 0.5) is 0 Å². The molecule has 0 aliphatic heterocycles. The Balaban J connectivity index is 3.09. The van der Waals surface area contributed by atoms with Crippen molar-refractivity contribution >= 4 is 25.4 Å². The molecule has 0 aliphatic carbocycles. The van der Waals surface area contributed by atoms with Crippen LogP contribution in [0.3, 0.4) is 0 Å². The van der Waals surface area contributed by atoms with Crippen LogP contribution in [0.15, 0.2) is 22.6 Å². The smallest absolute Gasteiger partial charge is 0.250 e. The van der Waals surface area contributed by atoms with Crippen LogP contribution in [0.2, 0.25) is 18.1 Å². The summed E-state index contributed by atoms with van der Waals surface area (Å²) in [5.74, 6) is 1.61. The van der Waals surface area contributed by atoms with Gasteiger partial charge in [0, 0.05) is 0 Å². The van der Waals surface area contributed by atoms with Gasteiger partial charge in [-0.3, -0.25) is 0 Å². The highest BCUT2D eigenvalue weighted by atomic mass is 32.2. The second kappa shape index (κ2) is 9.66. The molecule has 0 fully saturated rings.